The molecule has 2 aromatic rings. The van der Waals surface area contributed by atoms with E-state index in [4.69, 9.17) is 0 Å². The van der Waals surface area contributed by atoms with E-state index in [-0.39, 0.29) is 11.6 Å². The predicted octanol–water partition coefficient (Wildman–Crippen LogP) is 2.33. The Morgan fingerprint density at radius 1 is 1.38 bits per heavy atom. The lowest BCUT2D eigenvalue weighted by Gasteiger charge is -2.06. The van der Waals surface area contributed by atoms with Gasteiger partial charge in [-0.05, 0) is 36.5 Å². The third kappa shape index (κ3) is 2.79. The summed E-state index contributed by atoms with van der Waals surface area (Å²) < 4.78 is 4.62. The van der Waals surface area contributed by atoms with Gasteiger partial charge in [-0.2, -0.15) is 5.10 Å². The molecule has 1 saturated carbocycles. The van der Waals surface area contributed by atoms with Crippen LogP contribution >= 0.6 is 0 Å². The van der Waals surface area contributed by atoms with Crippen molar-refractivity contribution in [2.24, 2.45) is 0 Å². The second kappa shape index (κ2) is 5.40. The normalized spacial score (nSPS) is 13.8. The van der Waals surface area contributed by atoms with Crippen molar-refractivity contribution in [3.05, 3.63) is 47.3 Å². The highest BCUT2D eigenvalue weighted by molar-refractivity contribution is 6.07. The Morgan fingerprint density at radius 2 is 2.19 bits per heavy atom. The summed E-state index contributed by atoms with van der Waals surface area (Å²) in [5.74, 6) is -0.268. The highest BCUT2D eigenvalue weighted by atomic mass is 16.5. The van der Waals surface area contributed by atoms with E-state index in [1.54, 1.807) is 6.07 Å². The van der Waals surface area contributed by atoms with Gasteiger partial charge in [0, 0.05) is 5.56 Å². The fraction of sp³-hybridized carbons (Fsp3) is 0.267. The van der Waals surface area contributed by atoms with Crippen LogP contribution in [0.1, 0.15) is 45.2 Å². The molecule has 1 amide bonds. The number of anilines is 1. The van der Waals surface area contributed by atoms with E-state index < -0.39 is 5.97 Å². The third-order valence-corrected chi connectivity index (χ3v) is 3.47. The van der Waals surface area contributed by atoms with Crippen LogP contribution in [0.4, 0.5) is 5.69 Å². The van der Waals surface area contributed by atoms with Crippen LogP contribution in [0.15, 0.2) is 30.5 Å². The second-order valence-corrected chi connectivity index (χ2v) is 5.00. The summed E-state index contributed by atoms with van der Waals surface area (Å²) >= 11 is 0. The molecule has 1 heterocycles. The van der Waals surface area contributed by atoms with Gasteiger partial charge in [-0.1, -0.05) is 12.1 Å². The van der Waals surface area contributed by atoms with Gasteiger partial charge in [0.2, 0.25) is 0 Å². The molecular weight excluding hydrogens is 270 g/mol. The summed E-state index contributed by atoms with van der Waals surface area (Å²) in [6.07, 6.45) is 3.74. The predicted molar refractivity (Wildman–Crippen MR) is 76.3 cm³/mol. The molecule has 1 aliphatic carbocycles. The number of rotatable bonds is 4. The topological polar surface area (TPSA) is 84.1 Å². The Bertz CT molecular complexity index is 689. The lowest BCUT2D eigenvalue weighted by atomic mass is 10.1. The third-order valence-electron chi connectivity index (χ3n) is 3.47. The SMILES string of the molecule is COC(=O)c1[nH]ncc1NC(=O)c1cccc(C2CC2)c1. The molecule has 0 aliphatic heterocycles. The van der Waals surface area contributed by atoms with Gasteiger partial charge in [-0.25, -0.2) is 4.79 Å². The molecule has 0 unspecified atom stereocenters. The van der Waals surface area contributed by atoms with E-state index in [2.05, 4.69) is 20.3 Å². The first-order valence-corrected chi connectivity index (χ1v) is 6.72. The van der Waals surface area contributed by atoms with E-state index in [0.29, 0.717) is 17.2 Å². The minimum absolute atomic E-state index is 0.129. The van der Waals surface area contributed by atoms with Crippen LogP contribution < -0.4 is 5.32 Å². The summed E-state index contributed by atoms with van der Waals surface area (Å²) in [5, 5.41) is 8.94. The van der Waals surface area contributed by atoms with E-state index in [9.17, 15) is 9.59 Å². The molecule has 108 valence electrons. The van der Waals surface area contributed by atoms with Crippen LogP contribution in [0.2, 0.25) is 0 Å². The monoisotopic (exact) mass is 285 g/mol. The molecule has 6 nitrogen and oxygen atoms in total. The fourth-order valence-corrected chi connectivity index (χ4v) is 2.18. The van der Waals surface area contributed by atoms with E-state index in [1.807, 2.05) is 18.2 Å². The highest BCUT2D eigenvalue weighted by Gasteiger charge is 2.24. The van der Waals surface area contributed by atoms with Gasteiger partial charge < -0.3 is 10.1 Å². The van der Waals surface area contributed by atoms with Gasteiger partial charge in [-0.15, -0.1) is 0 Å². The van der Waals surface area contributed by atoms with Gasteiger partial charge in [0.15, 0.2) is 5.69 Å². The first-order valence-electron chi connectivity index (χ1n) is 6.72. The van der Waals surface area contributed by atoms with Crippen molar-refractivity contribution in [3.63, 3.8) is 0 Å². The molecular formula is C15H15N3O3. The number of nitrogens with zero attached hydrogens (tertiary/aromatic N) is 1. The van der Waals surface area contributed by atoms with Crippen molar-refractivity contribution < 1.29 is 14.3 Å². The van der Waals surface area contributed by atoms with Crippen LogP contribution in [0.5, 0.6) is 0 Å². The van der Waals surface area contributed by atoms with Gasteiger partial charge in [0.05, 0.1) is 19.0 Å². The number of hydrogen-bond donors (Lipinski definition) is 2. The summed E-state index contributed by atoms with van der Waals surface area (Å²) in [5.41, 5.74) is 2.19. The van der Waals surface area contributed by atoms with Gasteiger partial charge >= 0.3 is 5.97 Å². The average molecular weight is 285 g/mol. The van der Waals surface area contributed by atoms with Crippen LogP contribution in [0.25, 0.3) is 0 Å². The number of ether oxygens (including phenoxy) is 1. The molecule has 1 aromatic carbocycles. The zero-order valence-corrected chi connectivity index (χ0v) is 11.6. The number of amides is 1. The molecule has 0 atom stereocenters. The first-order chi connectivity index (χ1) is 10.2. The largest absolute Gasteiger partial charge is 0.464 e. The summed E-state index contributed by atoms with van der Waals surface area (Å²) in [6.45, 7) is 0. The standard InChI is InChI=1S/C15H15N3O3/c1-21-15(20)13-12(8-16-18-13)17-14(19)11-4-2-3-10(7-11)9-5-6-9/h2-4,7-9H,5-6H2,1H3,(H,16,18)(H,17,19). The average Bonchev–Trinajstić information content (AvgIpc) is 3.27. The maximum absolute atomic E-state index is 12.3. The van der Waals surface area contributed by atoms with Crippen molar-refractivity contribution in [3.8, 4) is 0 Å². The van der Waals surface area contributed by atoms with Gasteiger partial charge in [0.25, 0.3) is 5.91 Å². The summed E-state index contributed by atoms with van der Waals surface area (Å²) in [7, 11) is 1.27. The molecule has 0 bridgehead atoms. The number of aromatic nitrogens is 2. The number of aromatic amines is 1. The van der Waals surface area contributed by atoms with Crippen molar-refractivity contribution >= 4 is 17.6 Å². The Morgan fingerprint density at radius 3 is 2.90 bits per heavy atom. The van der Waals surface area contributed by atoms with Crippen molar-refractivity contribution in [2.75, 3.05) is 12.4 Å². The lowest BCUT2D eigenvalue weighted by molar-refractivity contribution is 0.0595. The molecule has 3 rings (SSSR count). The molecule has 1 fully saturated rings. The number of carbonyl (C=O) groups excluding carboxylic acids is 2. The van der Waals surface area contributed by atoms with Crippen LogP contribution in [-0.2, 0) is 4.74 Å². The number of hydrogen-bond acceptors (Lipinski definition) is 4. The van der Waals surface area contributed by atoms with E-state index in [1.165, 1.54) is 31.7 Å². The Hall–Kier alpha value is -2.63. The van der Waals surface area contributed by atoms with Gasteiger partial charge in [0.1, 0.15) is 0 Å². The molecule has 1 aliphatic rings. The molecule has 2 N–H and O–H groups in total. The number of esters is 1. The maximum Gasteiger partial charge on any atom is 0.358 e. The van der Waals surface area contributed by atoms with Crippen LogP contribution in [0, 0.1) is 0 Å². The summed E-state index contributed by atoms with van der Waals surface area (Å²) in [6, 6.07) is 7.55. The lowest BCUT2D eigenvalue weighted by Crippen LogP contribution is -2.14. The summed E-state index contributed by atoms with van der Waals surface area (Å²) in [4.78, 5) is 23.8. The number of benzene rings is 1. The number of nitrogens with one attached hydrogen (secondary N) is 2. The van der Waals surface area contributed by atoms with Gasteiger partial charge in [-0.3, -0.25) is 9.89 Å². The zero-order valence-electron chi connectivity index (χ0n) is 11.6. The Balaban J connectivity index is 1.78. The van der Waals surface area contributed by atoms with E-state index in [0.717, 1.165) is 0 Å². The Labute approximate surface area is 121 Å². The van der Waals surface area contributed by atoms with Crippen LogP contribution in [-0.4, -0.2) is 29.2 Å². The minimum atomic E-state index is -0.575. The fourth-order valence-electron chi connectivity index (χ4n) is 2.18. The molecule has 0 saturated heterocycles. The zero-order chi connectivity index (χ0) is 14.8. The molecule has 6 heteroatoms. The minimum Gasteiger partial charge on any atom is -0.464 e. The Kier molecular flexibility index (Phi) is 3.43. The molecule has 21 heavy (non-hydrogen) atoms. The van der Waals surface area contributed by atoms with Crippen molar-refractivity contribution in [1.29, 1.82) is 0 Å². The molecule has 0 radical (unpaired) electrons. The number of methoxy groups -OCH3 is 1. The van der Waals surface area contributed by atoms with Crippen LogP contribution in [0.3, 0.4) is 0 Å². The second-order valence-electron chi connectivity index (χ2n) is 5.00. The highest BCUT2D eigenvalue weighted by Crippen LogP contribution is 2.40. The smallest absolute Gasteiger partial charge is 0.358 e. The van der Waals surface area contributed by atoms with E-state index >= 15 is 0 Å². The van der Waals surface area contributed by atoms with Crippen molar-refractivity contribution in [2.45, 2.75) is 18.8 Å². The first kappa shape index (κ1) is 13.4. The number of H-pyrrole nitrogens is 1. The maximum atomic E-state index is 12.3. The quantitative estimate of drug-likeness (QED) is 0.844. The molecule has 1 aromatic heterocycles. The molecule has 0 spiro atoms. The number of carbonyl (C=O) groups is 2. The van der Waals surface area contributed by atoms with Crippen molar-refractivity contribution in [1.82, 2.24) is 10.2 Å².